The van der Waals surface area contributed by atoms with Gasteiger partial charge in [-0.1, -0.05) is 0 Å². The molecule has 0 aromatic rings. The van der Waals surface area contributed by atoms with E-state index in [9.17, 15) is 0 Å². The summed E-state index contributed by atoms with van der Waals surface area (Å²) >= 11 is -2.38. The molecule has 0 fully saturated rings. The van der Waals surface area contributed by atoms with Gasteiger partial charge in [0.1, 0.15) is 0 Å². The number of nitrogens with zero attached hydrogens (tertiary/aromatic N) is 2. The minimum atomic E-state index is -2.38. The minimum Gasteiger partial charge on any atom is -1.00 e. The molecule has 0 N–H and O–H groups in total. The predicted molar refractivity (Wildman–Crippen MR) is 109 cm³/mol. The topological polar surface area (TPSA) is 0 Å². The van der Waals surface area contributed by atoms with Crippen molar-refractivity contribution in [2.45, 2.75) is 83.2 Å². The summed E-state index contributed by atoms with van der Waals surface area (Å²) in [7, 11) is 14.8. The van der Waals surface area contributed by atoms with Crippen LogP contribution in [0.3, 0.4) is 0 Å². The van der Waals surface area contributed by atoms with Crippen molar-refractivity contribution in [3.05, 3.63) is 0 Å². The third kappa shape index (κ3) is 9.48. The average molecular weight is 689 g/mol. The van der Waals surface area contributed by atoms with Gasteiger partial charge >= 0.3 is 153 Å². The van der Waals surface area contributed by atoms with Gasteiger partial charge in [-0.3, -0.25) is 0 Å². The fourth-order valence-electron chi connectivity index (χ4n) is 5.48. The van der Waals surface area contributed by atoms with E-state index in [1.165, 1.54) is 47.5 Å². The van der Waals surface area contributed by atoms with Crippen LogP contribution in [-0.2, 0) is 0 Å². The first-order chi connectivity index (χ1) is 10.5. The zero-order chi connectivity index (χ0) is 18.3. The Morgan fingerprint density at radius 1 is 0.600 bits per heavy atom. The maximum Gasteiger partial charge on any atom is -1.00 e. The summed E-state index contributed by atoms with van der Waals surface area (Å²) in [4.78, 5) is 0. The molecule has 25 heavy (non-hydrogen) atoms. The monoisotopic (exact) mass is 690 g/mol. The van der Waals surface area contributed by atoms with Crippen molar-refractivity contribution in [2.75, 3.05) is 42.3 Å². The van der Waals surface area contributed by atoms with Gasteiger partial charge in [0.15, 0.2) is 0 Å². The summed E-state index contributed by atoms with van der Waals surface area (Å²) in [5.74, 6) is 0. The quantitative estimate of drug-likeness (QED) is 0.142. The third-order valence-electron chi connectivity index (χ3n) is 5.96. The molecule has 0 amide bonds. The second-order valence-electron chi connectivity index (χ2n) is 9.52. The average Bonchev–Trinajstić information content (AvgIpc) is 2.40. The minimum absolute atomic E-state index is 0. The Hall–Kier alpha value is 2.18. The van der Waals surface area contributed by atoms with Crippen LogP contribution in [0.4, 0.5) is 0 Å². The molecule has 2 atom stereocenters. The fraction of sp³-hybridized carbons (Fsp3) is 1.00. The van der Waals surface area contributed by atoms with Crippen molar-refractivity contribution in [2.24, 2.45) is 0 Å². The molecule has 0 saturated carbocycles. The van der Waals surface area contributed by atoms with Gasteiger partial charge in [0.2, 0.25) is 0 Å². The second kappa shape index (κ2) is 14.2. The molecule has 0 bridgehead atoms. The number of quaternary nitrogens is 2. The summed E-state index contributed by atoms with van der Waals surface area (Å²) in [5, 5.41) is 0. The molecule has 2 unspecified atom stereocenters. The molecule has 0 aromatic carbocycles. The van der Waals surface area contributed by atoms with Gasteiger partial charge in [-0.2, -0.15) is 0 Å². The van der Waals surface area contributed by atoms with Crippen LogP contribution in [0, 0.1) is 0 Å². The molecule has 156 valence electrons. The maximum absolute atomic E-state index is 2.47. The number of hydrogen-bond donors (Lipinski definition) is 0. The predicted octanol–water partition coefficient (Wildman–Crippen LogP) is -0.909. The van der Waals surface area contributed by atoms with E-state index in [1.54, 1.807) is 8.87 Å². The SMILES string of the molecule is CCC[CH2][Sn]([CH2]CCC)([CH](CC)[N+](C)(C)C)[CH](CC)[N+](C)(C)C.[I-].[I-]. The molecule has 0 aliphatic carbocycles. The zero-order valence-corrected chi connectivity index (χ0v) is 26.1. The van der Waals surface area contributed by atoms with Gasteiger partial charge in [-0.25, -0.2) is 0 Å². The first kappa shape index (κ1) is 31.9. The van der Waals surface area contributed by atoms with Gasteiger partial charge in [0.25, 0.3) is 0 Å². The zero-order valence-electron chi connectivity index (χ0n) is 19.0. The molecule has 5 heteroatoms. The van der Waals surface area contributed by atoms with Crippen LogP contribution in [0.15, 0.2) is 0 Å². The Labute approximate surface area is 199 Å². The Morgan fingerprint density at radius 3 is 1.04 bits per heavy atom. The van der Waals surface area contributed by atoms with Crippen molar-refractivity contribution in [3.63, 3.8) is 0 Å². The van der Waals surface area contributed by atoms with Crippen molar-refractivity contribution in [1.29, 1.82) is 0 Å². The van der Waals surface area contributed by atoms with E-state index in [-0.39, 0.29) is 48.0 Å². The molecule has 0 spiro atoms. The summed E-state index contributed by atoms with van der Waals surface area (Å²) in [5.41, 5.74) is 0. The summed E-state index contributed by atoms with van der Waals surface area (Å²) in [6.07, 6.45) is 8.42. The van der Waals surface area contributed by atoms with E-state index < -0.39 is 18.4 Å². The first-order valence-electron chi connectivity index (χ1n) is 10.1. The van der Waals surface area contributed by atoms with Crippen LogP contribution in [0.5, 0.6) is 0 Å². The summed E-state index contributed by atoms with van der Waals surface area (Å²) < 4.78 is 7.49. The van der Waals surface area contributed by atoms with Gasteiger partial charge < -0.3 is 48.0 Å². The molecule has 0 rings (SSSR count). The number of rotatable bonds is 12. The van der Waals surface area contributed by atoms with E-state index in [0.29, 0.717) is 0 Å². The van der Waals surface area contributed by atoms with Gasteiger partial charge in [0, 0.05) is 0 Å². The van der Waals surface area contributed by atoms with Gasteiger partial charge in [0.05, 0.1) is 0 Å². The molecular weight excluding hydrogens is 641 g/mol. The fourth-order valence-corrected chi connectivity index (χ4v) is 30.5. The molecule has 0 aliphatic rings. The Morgan fingerprint density at radius 2 is 0.880 bits per heavy atom. The Kier molecular flexibility index (Phi) is 18.1. The van der Waals surface area contributed by atoms with E-state index in [2.05, 4.69) is 70.0 Å². The Balaban J connectivity index is -0.00000242. The van der Waals surface area contributed by atoms with Crippen molar-refractivity contribution < 1.29 is 56.9 Å². The van der Waals surface area contributed by atoms with Crippen LogP contribution in [0.25, 0.3) is 0 Å². The van der Waals surface area contributed by atoms with Gasteiger partial charge in [-0.15, -0.1) is 0 Å². The standard InChI is InChI=1S/2C6H15N.2C4H9.2HI.Sn/c2*1-5-6-7(2,3)4;2*1-3-4-2;;;/h2*6H,5H2,1-4H3;2*1,3-4H2,2H3;2*1H;/q2*+1;;;;;/p-2. The largest absolute Gasteiger partial charge is 1.00 e. The second-order valence-corrected chi connectivity index (χ2v) is 23.2. The number of unbranched alkanes of at least 4 members (excludes halogenated alkanes) is 2. The summed E-state index contributed by atoms with van der Waals surface area (Å²) in [6, 6.07) is 0. The molecule has 0 radical (unpaired) electrons. The van der Waals surface area contributed by atoms with Crippen molar-refractivity contribution in [1.82, 2.24) is 0 Å². The molecular formula is C20H48I2N2Sn. The molecule has 0 aliphatic heterocycles. The molecule has 2 nitrogen and oxygen atoms in total. The van der Waals surface area contributed by atoms with E-state index in [0.717, 1.165) is 8.12 Å². The van der Waals surface area contributed by atoms with Crippen molar-refractivity contribution >= 4 is 18.4 Å². The van der Waals surface area contributed by atoms with Crippen LogP contribution in [0.2, 0.25) is 8.87 Å². The third-order valence-corrected chi connectivity index (χ3v) is 27.6. The van der Waals surface area contributed by atoms with Crippen molar-refractivity contribution in [3.8, 4) is 0 Å². The van der Waals surface area contributed by atoms with Crippen LogP contribution in [0.1, 0.15) is 66.2 Å². The summed E-state index contributed by atoms with van der Waals surface area (Å²) in [6.45, 7) is 9.71. The molecule has 0 saturated heterocycles. The smallest absolute Gasteiger partial charge is 1.00 e. The van der Waals surface area contributed by atoms with E-state index in [1.807, 2.05) is 0 Å². The van der Waals surface area contributed by atoms with Crippen LogP contribution in [-0.4, -0.2) is 77.7 Å². The maximum atomic E-state index is 2.47. The number of hydrogen-bond acceptors (Lipinski definition) is 0. The van der Waals surface area contributed by atoms with E-state index >= 15 is 0 Å². The van der Waals surface area contributed by atoms with Gasteiger partial charge in [-0.05, 0) is 0 Å². The van der Waals surface area contributed by atoms with Crippen LogP contribution >= 0.6 is 0 Å². The molecule has 0 aromatic heterocycles. The molecule has 0 heterocycles. The Bertz CT molecular complexity index is 293. The van der Waals surface area contributed by atoms with Crippen LogP contribution < -0.4 is 48.0 Å². The first-order valence-corrected chi connectivity index (χ1v) is 17.5. The van der Waals surface area contributed by atoms with E-state index in [4.69, 9.17) is 0 Å². The number of halogens is 2. The normalized spacial score (nSPS) is 15.1.